The Bertz CT molecular complexity index is 701. The van der Waals surface area contributed by atoms with Crippen LogP contribution in [0.2, 0.25) is 0 Å². The number of nitro benzene ring substituents is 1. The summed E-state index contributed by atoms with van der Waals surface area (Å²) in [5.74, 6) is 0.729. The topological polar surface area (TPSA) is 89.7 Å². The number of aldehydes is 1. The number of rotatable bonds is 4. The molecule has 0 aliphatic carbocycles. The maximum Gasteiger partial charge on any atom is 0.270 e. The first-order valence-electron chi connectivity index (χ1n) is 6.14. The van der Waals surface area contributed by atoms with Gasteiger partial charge in [0, 0.05) is 12.1 Å². The van der Waals surface area contributed by atoms with Crippen molar-refractivity contribution < 1.29 is 19.6 Å². The molecule has 0 unspecified atom stereocenters. The zero-order valence-corrected chi connectivity index (χ0v) is 11.5. The fraction of sp³-hybridized carbons (Fsp3) is 0.133. The lowest BCUT2D eigenvalue weighted by atomic mass is 10.1. The van der Waals surface area contributed by atoms with Gasteiger partial charge in [-0.1, -0.05) is 0 Å². The summed E-state index contributed by atoms with van der Waals surface area (Å²) in [6, 6.07) is 7.12. The van der Waals surface area contributed by atoms with Gasteiger partial charge in [0.1, 0.15) is 17.2 Å². The van der Waals surface area contributed by atoms with E-state index in [1.165, 1.54) is 30.3 Å². The smallest absolute Gasteiger partial charge is 0.270 e. The minimum absolute atomic E-state index is 0.00311. The summed E-state index contributed by atoms with van der Waals surface area (Å²) in [6.07, 6.45) is 0.526. The van der Waals surface area contributed by atoms with Gasteiger partial charge in [-0.15, -0.1) is 0 Å². The van der Waals surface area contributed by atoms with Crippen LogP contribution in [0.4, 0.5) is 5.69 Å². The first kappa shape index (κ1) is 14.5. The van der Waals surface area contributed by atoms with Crippen LogP contribution in [-0.2, 0) is 0 Å². The summed E-state index contributed by atoms with van der Waals surface area (Å²) in [5, 5.41) is 20.2. The Hall–Kier alpha value is -2.89. The van der Waals surface area contributed by atoms with Crippen LogP contribution in [0.15, 0.2) is 30.3 Å². The molecular formula is C15H13NO5. The summed E-state index contributed by atoms with van der Waals surface area (Å²) >= 11 is 0. The van der Waals surface area contributed by atoms with Crippen molar-refractivity contribution in [1.29, 1.82) is 0 Å². The molecule has 0 saturated carbocycles. The number of carbonyl (C=O) groups is 1. The number of nitrogens with zero attached hydrogens (tertiary/aromatic N) is 1. The van der Waals surface area contributed by atoms with Gasteiger partial charge in [-0.05, 0) is 43.2 Å². The number of non-ortho nitro benzene ring substituents is 1. The van der Waals surface area contributed by atoms with E-state index in [2.05, 4.69) is 0 Å². The van der Waals surface area contributed by atoms with E-state index >= 15 is 0 Å². The fourth-order valence-corrected chi connectivity index (χ4v) is 2.00. The van der Waals surface area contributed by atoms with Crippen LogP contribution in [0.25, 0.3) is 0 Å². The van der Waals surface area contributed by atoms with Gasteiger partial charge in [0.15, 0.2) is 6.29 Å². The number of aromatic hydroxyl groups is 1. The normalized spacial score (nSPS) is 10.2. The quantitative estimate of drug-likeness (QED) is 0.528. The number of hydrogen-bond acceptors (Lipinski definition) is 5. The maximum atomic E-state index is 10.8. The van der Waals surface area contributed by atoms with Gasteiger partial charge in [-0.25, -0.2) is 0 Å². The summed E-state index contributed by atoms with van der Waals surface area (Å²) in [4.78, 5) is 21.1. The lowest BCUT2D eigenvalue weighted by Crippen LogP contribution is -1.95. The third-order valence-corrected chi connectivity index (χ3v) is 3.00. The second-order valence-corrected chi connectivity index (χ2v) is 4.61. The Morgan fingerprint density at radius 3 is 2.33 bits per heavy atom. The van der Waals surface area contributed by atoms with Crippen LogP contribution in [0.1, 0.15) is 21.5 Å². The zero-order chi connectivity index (χ0) is 15.6. The standard InChI is InChI=1S/C15H13NO5/c1-9-5-12(16(19)20)6-10(2)15(9)21-13-3-4-14(18)11(7-13)8-17/h3-8,18H,1-2H3. The van der Waals surface area contributed by atoms with E-state index in [0.717, 1.165) is 0 Å². The Labute approximate surface area is 120 Å². The second kappa shape index (κ2) is 5.62. The predicted octanol–water partition coefficient (Wildman–Crippen LogP) is 3.52. The third-order valence-electron chi connectivity index (χ3n) is 3.00. The molecule has 0 heterocycles. The number of hydrogen-bond donors (Lipinski definition) is 1. The first-order valence-corrected chi connectivity index (χ1v) is 6.14. The minimum Gasteiger partial charge on any atom is -0.507 e. The Kier molecular flexibility index (Phi) is 3.89. The van der Waals surface area contributed by atoms with Crippen LogP contribution < -0.4 is 4.74 Å². The molecule has 0 bridgehead atoms. The molecule has 0 fully saturated rings. The lowest BCUT2D eigenvalue weighted by molar-refractivity contribution is -0.385. The van der Waals surface area contributed by atoms with Crippen LogP contribution in [0.5, 0.6) is 17.2 Å². The fourth-order valence-electron chi connectivity index (χ4n) is 2.00. The van der Waals surface area contributed by atoms with Crippen molar-refractivity contribution in [3.05, 3.63) is 57.1 Å². The molecule has 0 atom stereocenters. The van der Waals surface area contributed by atoms with E-state index in [9.17, 15) is 20.0 Å². The SMILES string of the molecule is Cc1cc([N+](=O)[O-])cc(C)c1Oc1ccc(O)c(C=O)c1. The van der Waals surface area contributed by atoms with Gasteiger partial charge in [-0.3, -0.25) is 14.9 Å². The van der Waals surface area contributed by atoms with E-state index in [1.807, 2.05) is 0 Å². The van der Waals surface area contributed by atoms with Crippen LogP contribution in [0, 0.1) is 24.0 Å². The number of ether oxygens (including phenoxy) is 1. The molecule has 21 heavy (non-hydrogen) atoms. The molecule has 0 amide bonds. The molecular weight excluding hydrogens is 274 g/mol. The molecule has 0 spiro atoms. The van der Waals surface area contributed by atoms with Crippen molar-refractivity contribution in [2.45, 2.75) is 13.8 Å². The van der Waals surface area contributed by atoms with Gasteiger partial charge >= 0.3 is 0 Å². The van der Waals surface area contributed by atoms with Crippen LogP contribution in [-0.4, -0.2) is 16.3 Å². The molecule has 2 aromatic rings. The van der Waals surface area contributed by atoms with E-state index < -0.39 is 4.92 Å². The molecule has 6 heteroatoms. The number of aryl methyl sites for hydroxylation is 2. The third kappa shape index (κ3) is 3.00. The molecule has 108 valence electrons. The highest BCUT2D eigenvalue weighted by atomic mass is 16.6. The van der Waals surface area contributed by atoms with Gasteiger partial charge in [-0.2, -0.15) is 0 Å². The van der Waals surface area contributed by atoms with E-state index in [-0.39, 0.29) is 17.0 Å². The summed E-state index contributed by atoms with van der Waals surface area (Å²) in [6.45, 7) is 3.41. The van der Waals surface area contributed by atoms with Crippen LogP contribution >= 0.6 is 0 Å². The van der Waals surface area contributed by atoms with E-state index in [1.54, 1.807) is 13.8 Å². The number of phenolic OH excluding ortho intramolecular Hbond substituents is 1. The summed E-state index contributed by atoms with van der Waals surface area (Å²) in [7, 11) is 0. The number of nitro groups is 1. The number of phenols is 1. The number of benzene rings is 2. The molecule has 0 radical (unpaired) electrons. The van der Waals surface area contributed by atoms with Crippen molar-refractivity contribution in [2.75, 3.05) is 0 Å². The highest BCUT2D eigenvalue weighted by Crippen LogP contribution is 2.33. The Balaban J connectivity index is 2.40. The zero-order valence-electron chi connectivity index (χ0n) is 11.5. The summed E-state index contributed by atoms with van der Waals surface area (Å²) < 4.78 is 5.68. The van der Waals surface area contributed by atoms with Gasteiger partial charge in [0.05, 0.1) is 10.5 Å². The van der Waals surface area contributed by atoms with Gasteiger partial charge < -0.3 is 9.84 Å². The predicted molar refractivity (Wildman–Crippen MR) is 76.1 cm³/mol. The highest BCUT2D eigenvalue weighted by molar-refractivity contribution is 5.79. The number of carbonyl (C=O) groups excluding carboxylic acids is 1. The maximum absolute atomic E-state index is 10.8. The Morgan fingerprint density at radius 1 is 1.19 bits per heavy atom. The average Bonchev–Trinajstić information content (AvgIpc) is 2.44. The Morgan fingerprint density at radius 2 is 1.81 bits per heavy atom. The van der Waals surface area contributed by atoms with Crippen molar-refractivity contribution in [1.82, 2.24) is 0 Å². The van der Waals surface area contributed by atoms with Crippen molar-refractivity contribution in [3.63, 3.8) is 0 Å². The second-order valence-electron chi connectivity index (χ2n) is 4.61. The molecule has 6 nitrogen and oxygen atoms in total. The molecule has 0 aromatic heterocycles. The lowest BCUT2D eigenvalue weighted by Gasteiger charge is -2.12. The van der Waals surface area contributed by atoms with Crippen LogP contribution in [0.3, 0.4) is 0 Å². The van der Waals surface area contributed by atoms with Crippen molar-refractivity contribution >= 4 is 12.0 Å². The van der Waals surface area contributed by atoms with Gasteiger partial charge in [0.25, 0.3) is 5.69 Å². The van der Waals surface area contributed by atoms with Crippen molar-refractivity contribution in [2.24, 2.45) is 0 Å². The van der Waals surface area contributed by atoms with E-state index in [0.29, 0.717) is 28.9 Å². The highest BCUT2D eigenvalue weighted by Gasteiger charge is 2.14. The minimum atomic E-state index is -0.463. The molecule has 0 saturated heterocycles. The summed E-state index contributed by atoms with van der Waals surface area (Å²) in [5.41, 5.74) is 1.34. The average molecular weight is 287 g/mol. The molecule has 1 N–H and O–H groups in total. The molecule has 2 rings (SSSR count). The monoisotopic (exact) mass is 287 g/mol. The molecule has 0 aliphatic heterocycles. The largest absolute Gasteiger partial charge is 0.507 e. The molecule has 0 aliphatic rings. The van der Waals surface area contributed by atoms with E-state index in [4.69, 9.17) is 4.74 Å². The van der Waals surface area contributed by atoms with Gasteiger partial charge in [0.2, 0.25) is 0 Å². The first-order chi connectivity index (χ1) is 9.92. The van der Waals surface area contributed by atoms with Crippen molar-refractivity contribution in [3.8, 4) is 17.2 Å². The molecule has 2 aromatic carbocycles.